The number of hydrogen-bond acceptors (Lipinski definition) is 2. The van der Waals surface area contributed by atoms with Gasteiger partial charge in [-0.1, -0.05) is 26.0 Å². The molecule has 0 aliphatic rings. The molecule has 1 atom stereocenters. The van der Waals surface area contributed by atoms with Crippen LogP contribution in [0.4, 0.5) is 0 Å². The van der Waals surface area contributed by atoms with Crippen LogP contribution in [0.5, 0.6) is 0 Å². The van der Waals surface area contributed by atoms with Gasteiger partial charge < -0.3 is 5.11 Å². The Morgan fingerprint density at radius 1 is 1.29 bits per heavy atom. The van der Waals surface area contributed by atoms with Gasteiger partial charge in [-0.05, 0) is 39.0 Å². The van der Waals surface area contributed by atoms with Crippen molar-refractivity contribution in [3.8, 4) is 0 Å². The number of nitrogens with zero attached hydrogens (tertiary/aromatic N) is 1. The van der Waals surface area contributed by atoms with Crippen LogP contribution in [0.3, 0.4) is 0 Å². The number of aliphatic hydroxyl groups is 1. The molecule has 1 N–H and O–H groups in total. The number of rotatable bonds is 6. The molecule has 2 heteroatoms. The summed E-state index contributed by atoms with van der Waals surface area (Å²) in [6.07, 6.45) is 9.39. The van der Waals surface area contributed by atoms with Crippen LogP contribution in [0.1, 0.15) is 47.0 Å². The fourth-order valence-electron chi connectivity index (χ4n) is 1.06. The van der Waals surface area contributed by atoms with Crippen LogP contribution in [-0.4, -0.2) is 17.0 Å². The molecule has 0 fully saturated rings. The largest absolute Gasteiger partial charge is 0.370 e. The molecule has 0 spiro atoms. The maximum absolute atomic E-state index is 9.42. The van der Waals surface area contributed by atoms with E-state index in [1.165, 1.54) is 0 Å². The van der Waals surface area contributed by atoms with Gasteiger partial charge in [0.15, 0.2) is 0 Å². The first-order valence-corrected chi connectivity index (χ1v) is 5.42. The highest BCUT2D eigenvalue weighted by Crippen LogP contribution is 2.09. The Hall–Kier alpha value is -0.630. The molecule has 0 aliphatic heterocycles. The van der Waals surface area contributed by atoms with Crippen molar-refractivity contribution < 1.29 is 5.11 Å². The summed E-state index contributed by atoms with van der Waals surface area (Å²) in [5, 5.41) is 9.42. The monoisotopic (exact) mass is 197 g/mol. The molecule has 0 bridgehead atoms. The van der Waals surface area contributed by atoms with Crippen LogP contribution in [0.2, 0.25) is 0 Å². The Morgan fingerprint density at radius 3 is 2.36 bits per heavy atom. The molecule has 1 unspecified atom stereocenters. The van der Waals surface area contributed by atoms with E-state index in [4.69, 9.17) is 0 Å². The van der Waals surface area contributed by atoms with Crippen LogP contribution in [0.15, 0.2) is 17.1 Å². The second kappa shape index (κ2) is 6.77. The van der Waals surface area contributed by atoms with E-state index < -0.39 is 5.72 Å². The molecule has 0 radical (unpaired) electrons. The number of allylic oxidation sites excluding steroid dienone is 2. The predicted molar refractivity (Wildman–Crippen MR) is 62.6 cm³/mol. The smallest absolute Gasteiger partial charge is 0.149 e. The highest BCUT2D eigenvalue weighted by atomic mass is 16.3. The minimum Gasteiger partial charge on any atom is -0.370 e. The fourth-order valence-corrected chi connectivity index (χ4v) is 1.06. The number of aliphatic imine (C=N–C) groups is 1. The Bertz CT molecular complexity index is 189. The third kappa shape index (κ3) is 7.99. The van der Waals surface area contributed by atoms with E-state index in [9.17, 15) is 5.11 Å². The lowest BCUT2D eigenvalue weighted by Crippen LogP contribution is -2.16. The first-order chi connectivity index (χ1) is 6.49. The Labute approximate surface area is 87.8 Å². The van der Waals surface area contributed by atoms with Crippen LogP contribution in [0.25, 0.3) is 0 Å². The number of hydrogen-bond donors (Lipinski definition) is 1. The lowest BCUT2D eigenvalue weighted by atomic mass is 10.0. The molecule has 0 aromatic carbocycles. The lowest BCUT2D eigenvalue weighted by molar-refractivity contribution is 0.0909. The molecule has 0 aromatic rings. The molecule has 0 aliphatic carbocycles. The van der Waals surface area contributed by atoms with Crippen molar-refractivity contribution in [2.45, 2.75) is 52.7 Å². The first kappa shape index (κ1) is 13.4. The van der Waals surface area contributed by atoms with Gasteiger partial charge in [0.1, 0.15) is 5.72 Å². The van der Waals surface area contributed by atoms with Gasteiger partial charge in [0.25, 0.3) is 0 Å². The predicted octanol–water partition coefficient (Wildman–Crippen LogP) is 3.17. The third-order valence-electron chi connectivity index (χ3n) is 1.97. The van der Waals surface area contributed by atoms with E-state index in [-0.39, 0.29) is 0 Å². The summed E-state index contributed by atoms with van der Waals surface area (Å²) in [5.74, 6) is 0.448. The van der Waals surface area contributed by atoms with Gasteiger partial charge in [-0.3, -0.25) is 4.99 Å². The molecular weight excluding hydrogens is 174 g/mol. The van der Waals surface area contributed by atoms with E-state index >= 15 is 0 Å². The summed E-state index contributed by atoms with van der Waals surface area (Å²) in [6, 6.07) is 0. The highest BCUT2D eigenvalue weighted by molar-refractivity contribution is 5.61. The Kier molecular flexibility index (Phi) is 6.46. The minimum absolute atomic E-state index is 0.448. The van der Waals surface area contributed by atoms with Crippen LogP contribution >= 0.6 is 0 Å². The van der Waals surface area contributed by atoms with Crippen molar-refractivity contribution >= 4 is 6.21 Å². The van der Waals surface area contributed by atoms with Gasteiger partial charge in [0.05, 0.1) is 0 Å². The molecule has 0 amide bonds. The molecule has 2 nitrogen and oxygen atoms in total. The molecule has 0 saturated carbocycles. The highest BCUT2D eigenvalue weighted by Gasteiger charge is 2.08. The lowest BCUT2D eigenvalue weighted by Gasteiger charge is -2.12. The molecular formula is C12H23NO. The van der Waals surface area contributed by atoms with E-state index in [0.717, 1.165) is 19.3 Å². The second-order valence-electron chi connectivity index (χ2n) is 4.06. The van der Waals surface area contributed by atoms with Crippen molar-refractivity contribution in [2.75, 3.05) is 0 Å². The molecule has 0 aromatic heterocycles. The third-order valence-corrected chi connectivity index (χ3v) is 1.97. The van der Waals surface area contributed by atoms with Gasteiger partial charge in [-0.25, -0.2) is 0 Å². The fraction of sp³-hybridized carbons (Fsp3) is 0.750. The van der Waals surface area contributed by atoms with Gasteiger partial charge in [-0.15, -0.1) is 0 Å². The maximum atomic E-state index is 9.42. The molecule has 0 heterocycles. The average Bonchev–Trinajstić information content (AvgIpc) is 2.09. The minimum atomic E-state index is -0.929. The summed E-state index contributed by atoms with van der Waals surface area (Å²) < 4.78 is 0. The molecule has 0 saturated heterocycles. The second-order valence-corrected chi connectivity index (χ2v) is 4.06. The zero-order valence-corrected chi connectivity index (χ0v) is 9.83. The van der Waals surface area contributed by atoms with Crippen molar-refractivity contribution in [3.63, 3.8) is 0 Å². The SMILES string of the molecule is CCC=CCC(C=NC(C)(C)O)CC. The quantitative estimate of drug-likeness (QED) is 0.515. The van der Waals surface area contributed by atoms with Crippen molar-refractivity contribution in [1.29, 1.82) is 0 Å². The van der Waals surface area contributed by atoms with Crippen LogP contribution < -0.4 is 0 Å². The summed E-state index contributed by atoms with van der Waals surface area (Å²) in [5.41, 5.74) is -0.929. The molecule has 14 heavy (non-hydrogen) atoms. The first-order valence-electron chi connectivity index (χ1n) is 5.42. The maximum Gasteiger partial charge on any atom is 0.149 e. The van der Waals surface area contributed by atoms with E-state index in [1.54, 1.807) is 13.8 Å². The van der Waals surface area contributed by atoms with Gasteiger partial charge in [0, 0.05) is 6.21 Å². The van der Waals surface area contributed by atoms with E-state index in [0.29, 0.717) is 5.92 Å². The Balaban J connectivity index is 4.03. The zero-order valence-electron chi connectivity index (χ0n) is 9.83. The zero-order chi connectivity index (χ0) is 11.0. The molecule has 0 rings (SSSR count). The van der Waals surface area contributed by atoms with Crippen molar-refractivity contribution in [3.05, 3.63) is 12.2 Å². The van der Waals surface area contributed by atoms with Crippen molar-refractivity contribution in [2.24, 2.45) is 10.9 Å². The summed E-state index contributed by atoms with van der Waals surface area (Å²) in [6.45, 7) is 7.65. The topological polar surface area (TPSA) is 32.6 Å². The standard InChI is InChI=1S/C12H23NO/c1-5-7-8-9-11(6-2)10-13-12(3,4)14/h7-8,10-11,14H,5-6,9H2,1-4H3. The summed E-state index contributed by atoms with van der Waals surface area (Å²) in [7, 11) is 0. The normalized spacial score (nSPS) is 15.5. The van der Waals surface area contributed by atoms with Gasteiger partial charge in [0.2, 0.25) is 0 Å². The Morgan fingerprint density at radius 2 is 1.93 bits per heavy atom. The van der Waals surface area contributed by atoms with Gasteiger partial charge in [-0.2, -0.15) is 0 Å². The van der Waals surface area contributed by atoms with Crippen LogP contribution in [-0.2, 0) is 0 Å². The van der Waals surface area contributed by atoms with E-state index in [1.807, 2.05) is 6.21 Å². The van der Waals surface area contributed by atoms with Crippen molar-refractivity contribution in [1.82, 2.24) is 0 Å². The van der Waals surface area contributed by atoms with Gasteiger partial charge >= 0.3 is 0 Å². The average molecular weight is 197 g/mol. The molecule has 82 valence electrons. The summed E-state index contributed by atoms with van der Waals surface area (Å²) in [4.78, 5) is 4.10. The van der Waals surface area contributed by atoms with E-state index in [2.05, 4.69) is 31.0 Å². The summed E-state index contributed by atoms with van der Waals surface area (Å²) >= 11 is 0. The van der Waals surface area contributed by atoms with Crippen LogP contribution in [0, 0.1) is 5.92 Å².